The van der Waals surface area contributed by atoms with E-state index in [1.807, 2.05) is 11.3 Å². The van der Waals surface area contributed by atoms with Crippen LogP contribution in [-0.4, -0.2) is 9.55 Å². The van der Waals surface area contributed by atoms with Crippen molar-refractivity contribution < 1.29 is 0 Å². The molecule has 1 atom stereocenters. The van der Waals surface area contributed by atoms with E-state index >= 15 is 0 Å². The molecule has 3 heteroatoms. The Hall–Kier alpha value is -6.29. The lowest BCUT2D eigenvalue weighted by Gasteiger charge is -2.23. The predicted molar refractivity (Wildman–Crippen MR) is 222 cm³/mol. The minimum atomic E-state index is 0.236. The van der Waals surface area contributed by atoms with Gasteiger partial charge in [0.15, 0.2) is 0 Å². The molecule has 1 aliphatic carbocycles. The van der Waals surface area contributed by atoms with Crippen LogP contribution >= 0.6 is 11.3 Å². The van der Waals surface area contributed by atoms with Crippen molar-refractivity contribution in [1.82, 2.24) is 9.55 Å². The Morgan fingerprint density at radius 3 is 2.12 bits per heavy atom. The highest BCUT2D eigenvalue weighted by atomic mass is 32.1. The van der Waals surface area contributed by atoms with E-state index in [-0.39, 0.29) is 5.92 Å². The summed E-state index contributed by atoms with van der Waals surface area (Å²) in [4.78, 5) is 5.37. The molecule has 0 saturated carbocycles. The maximum absolute atomic E-state index is 5.37. The second-order valence-electron chi connectivity index (χ2n) is 13.9. The molecule has 11 rings (SSSR count). The molecular weight excluding hydrogens is 649 g/mol. The van der Waals surface area contributed by atoms with Crippen molar-refractivity contribution in [3.05, 3.63) is 187 Å². The highest BCUT2D eigenvalue weighted by Crippen LogP contribution is 2.45. The average Bonchev–Trinajstić information content (AvgIpc) is 3.76. The van der Waals surface area contributed by atoms with Gasteiger partial charge in [-0.3, -0.25) is 0 Å². The number of benzene rings is 7. The lowest BCUT2D eigenvalue weighted by Crippen LogP contribution is -2.09. The third kappa shape index (κ3) is 4.53. The van der Waals surface area contributed by atoms with Crippen molar-refractivity contribution in [3.8, 4) is 28.1 Å². The molecule has 0 bridgehead atoms. The smallest absolute Gasteiger partial charge is 0.0788 e. The highest BCUT2D eigenvalue weighted by molar-refractivity contribution is 7.26. The van der Waals surface area contributed by atoms with Crippen LogP contribution < -0.4 is 0 Å². The molecule has 0 saturated heterocycles. The molecule has 0 radical (unpaired) electrons. The van der Waals surface area contributed by atoms with E-state index in [4.69, 9.17) is 4.98 Å². The number of hydrogen-bond donors (Lipinski definition) is 0. The number of pyridine rings is 1. The third-order valence-electron chi connectivity index (χ3n) is 10.9. The second-order valence-corrected chi connectivity index (χ2v) is 14.9. The van der Waals surface area contributed by atoms with Gasteiger partial charge in [0.25, 0.3) is 0 Å². The fourth-order valence-electron chi connectivity index (χ4n) is 8.54. The minimum Gasteiger partial charge on any atom is -0.309 e. The van der Waals surface area contributed by atoms with Gasteiger partial charge in [-0.1, -0.05) is 133 Å². The van der Waals surface area contributed by atoms with Crippen LogP contribution in [0.2, 0.25) is 0 Å². The Kier molecular flexibility index (Phi) is 6.58. The number of para-hydroxylation sites is 2. The minimum absolute atomic E-state index is 0.236. The molecule has 10 aromatic rings. The van der Waals surface area contributed by atoms with E-state index in [9.17, 15) is 0 Å². The van der Waals surface area contributed by atoms with E-state index in [1.165, 1.54) is 80.7 Å². The Morgan fingerprint density at radius 2 is 1.23 bits per heavy atom. The summed E-state index contributed by atoms with van der Waals surface area (Å²) in [5.74, 6) is 0.236. The van der Waals surface area contributed by atoms with Gasteiger partial charge in [-0.05, 0) is 76.5 Å². The SMILES string of the molecule is C1=CC(c2cccc(-c3ccc4c5ccccc5n(-c5ccccc5)c4c3)c2)Cc2c1nc(-c1ccccc1)c1ccc3sc4ccccc4c3c21. The number of hydrogen-bond acceptors (Lipinski definition) is 2. The van der Waals surface area contributed by atoms with E-state index in [1.54, 1.807) is 0 Å². The Bertz CT molecular complexity index is 3040. The average molecular weight is 681 g/mol. The molecule has 0 fully saturated rings. The van der Waals surface area contributed by atoms with Gasteiger partial charge in [-0.15, -0.1) is 11.3 Å². The maximum atomic E-state index is 5.37. The summed E-state index contributed by atoms with van der Waals surface area (Å²) < 4.78 is 5.06. The fraction of sp³-hybridized carbons (Fsp3) is 0.0408. The zero-order valence-electron chi connectivity index (χ0n) is 28.3. The van der Waals surface area contributed by atoms with E-state index < -0.39 is 0 Å². The normalized spacial score (nSPS) is 14.2. The van der Waals surface area contributed by atoms with E-state index in [0.29, 0.717) is 0 Å². The van der Waals surface area contributed by atoms with Gasteiger partial charge in [0.2, 0.25) is 0 Å². The molecule has 0 N–H and O–H groups in total. The number of nitrogens with zero attached hydrogens (tertiary/aromatic N) is 2. The van der Waals surface area contributed by atoms with Crippen LogP contribution in [-0.2, 0) is 6.42 Å². The predicted octanol–water partition coefficient (Wildman–Crippen LogP) is 13.4. The fourth-order valence-corrected chi connectivity index (χ4v) is 9.66. The molecule has 244 valence electrons. The van der Waals surface area contributed by atoms with Crippen molar-refractivity contribution in [2.75, 3.05) is 0 Å². The van der Waals surface area contributed by atoms with Crippen LogP contribution in [0.15, 0.2) is 170 Å². The Labute approximate surface area is 305 Å². The first-order valence-corrected chi connectivity index (χ1v) is 18.8. The number of aromatic nitrogens is 2. The van der Waals surface area contributed by atoms with Gasteiger partial charge in [0.1, 0.15) is 0 Å². The molecular formula is C49H32N2S. The lowest BCUT2D eigenvalue weighted by atomic mass is 9.82. The summed E-state index contributed by atoms with van der Waals surface area (Å²) in [7, 11) is 0. The van der Waals surface area contributed by atoms with Crippen LogP contribution in [0, 0.1) is 0 Å². The van der Waals surface area contributed by atoms with Gasteiger partial charge < -0.3 is 4.57 Å². The van der Waals surface area contributed by atoms with Crippen LogP contribution in [0.25, 0.3) is 86.9 Å². The highest BCUT2D eigenvalue weighted by Gasteiger charge is 2.24. The topological polar surface area (TPSA) is 17.8 Å². The van der Waals surface area contributed by atoms with Gasteiger partial charge in [-0.2, -0.15) is 0 Å². The number of allylic oxidation sites excluding steroid dienone is 1. The summed E-state index contributed by atoms with van der Waals surface area (Å²) >= 11 is 1.89. The summed E-state index contributed by atoms with van der Waals surface area (Å²) in [5, 5.41) is 7.81. The Morgan fingerprint density at radius 1 is 0.519 bits per heavy atom. The second kappa shape index (κ2) is 11.6. The van der Waals surface area contributed by atoms with Crippen LogP contribution in [0.5, 0.6) is 0 Å². The zero-order chi connectivity index (χ0) is 34.2. The largest absolute Gasteiger partial charge is 0.309 e. The standard InChI is InChI=1S/C49H32N2S/c1-3-12-31(13-4-1)49-40-25-27-46-48(39-19-8-10-21-45(39)52-46)47(40)41-29-34(23-26-42(41)50-49)32-14-11-15-33(28-32)35-22-24-38-37-18-7-9-20-43(37)51(44(38)30-35)36-16-5-2-6-17-36/h1-28,30,34H,29H2. The van der Waals surface area contributed by atoms with E-state index in [0.717, 1.165) is 23.4 Å². The molecule has 7 aromatic carbocycles. The van der Waals surface area contributed by atoms with E-state index in [2.05, 4.69) is 181 Å². The van der Waals surface area contributed by atoms with Crippen LogP contribution in [0.3, 0.4) is 0 Å². The maximum Gasteiger partial charge on any atom is 0.0788 e. The van der Waals surface area contributed by atoms with Crippen molar-refractivity contribution in [2.24, 2.45) is 0 Å². The molecule has 1 unspecified atom stereocenters. The number of rotatable bonds is 4. The van der Waals surface area contributed by atoms with Crippen LogP contribution in [0.4, 0.5) is 0 Å². The summed E-state index contributed by atoms with van der Waals surface area (Å²) in [6.07, 6.45) is 5.55. The van der Waals surface area contributed by atoms with Gasteiger partial charge in [-0.25, -0.2) is 4.98 Å². The molecule has 2 nitrogen and oxygen atoms in total. The van der Waals surface area contributed by atoms with Crippen LogP contribution in [0.1, 0.15) is 22.7 Å². The molecule has 0 amide bonds. The van der Waals surface area contributed by atoms with Crippen molar-refractivity contribution >= 4 is 70.2 Å². The Balaban J connectivity index is 1.06. The van der Waals surface area contributed by atoms with Gasteiger partial charge in [0.05, 0.1) is 22.4 Å². The van der Waals surface area contributed by atoms with Crippen molar-refractivity contribution in [2.45, 2.75) is 12.3 Å². The summed E-state index contributed by atoms with van der Waals surface area (Å²) in [6.45, 7) is 0. The molecule has 3 aromatic heterocycles. The molecule has 3 heterocycles. The first-order valence-electron chi connectivity index (χ1n) is 18.0. The zero-order valence-corrected chi connectivity index (χ0v) is 29.1. The van der Waals surface area contributed by atoms with Gasteiger partial charge >= 0.3 is 0 Å². The summed E-state index contributed by atoms with van der Waals surface area (Å²) in [6, 6.07) is 59.7. The molecule has 1 aliphatic rings. The molecule has 0 spiro atoms. The monoisotopic (exact) mass is 680 g/mol. The van der Waals surface area contributed by atoms with Gasteiger partial charge in [0, 0.05) is 53.5 Å². The van der Waals surface area contributed by atoms with Crippen molar-refractivity contribution in [1.29, 1.82) is 0 Å². The quantitative estimate of drug-likeness (QED) is 0.181. The number of thiophene rings is 1. The first-order chi connectivity index (χ1) is 25.8. The number of fused-ring (bicyclic) bond motifs is 10. The summed E-state index contributed by atoms with van der Waals surface area (Å²) in [5.41, 5.74) is 12.0. The molecule has 0 aliphatic heterocycles. The molecule has 52 heavy (non-hydrogen) atoms. The first kappa shape index (κ1) is 29.4. The van der Waals surface area contributed by atoms with Crippen molar-refractivity contribution in [3.63, 3.8) is 0 Å². The third-order valence-corrected chi connectivity index (χ3v) is 12.1. The lowest BCUT2D eigenvalue weighted by molar-refractivity contribution is 0.827.